The molecule has 1 aromatic heterocycles. The van der Waals surface area contributed by atoms with Crippen LogP contribution in [0.5, 0.6) is 23.1 Å². The van der Waals surface area contributed by atoms with Crippen LogP contribution >= 0.6 is 0 Å². The van der Waals surface area contributed by atoms with E-state index in [2.05, 4.69) is 15.0 Å². The maximum atomic E-state index is 12.9. The molecule has 172 valence electrons. The summed E-state index contributed by atoms with van der Waals surface area (Å²) in [7, 11) is -1.01. The van der Waals surface area contributed by atoms with Gasteiger partial charge in [0, 0.05) is 24.4 Å². The highest BCUT2D eigenvalue weighted by Crippen LogP contribution is 2.31. The number of benzene rings is 2. The minimum absolute atomic E-state index is 0.00947. The quantitative estimate of drug-likeness (QED) is 0.492. The van der Waals surface area contributed by atoms with Gasteiger partial charge in [-0.25, -0.2) is 13.4 Å². The van der Waals surface area contributed by atoms with E-state index >= 15 is 0 Å². The highest BCUT2D eigenvalue weighted by atomic mass is 32.2. The zero-order chi connectivity index (χ0) is 23.4. The Hall–Kier alpha value is -3.79. The number of sulfonamides is 1. The summed E-state index contributed by atoms with van der Waals surface area (Å²) in [6.07, 6.45) is 3.45. The van der Waals surface area contributed by atoms with Gasteiger partial charge in [-0.1, -0.05) is 6.07 Å². The van der Waals surface area contributed by atoms with Crippen LogP contribution in [0.25, 0.3) is 0 Å². The second kappa shape index (κ2) is 9.37. The van der Waals surface area contributed by atoms with Gasteiger partial charge in [-0.05, 0) is 49.2 Å². The van der Waals surface area contributed by atoms with Crippen molar-refractivity contribution in [1.82, 2.24) is 10.3 Å². The van der Waals surface area contributed by atoms with Crippen molar-refractivity contribution in [2.24, 2.45) is 0 Å². The molecule has 1 heterocycles. The zero-order valence-corrected chi connectivity index (χ0v) is 18.9. The molecule has 1 amide bonds. The molecule has 1 aliphatic rings. The highest BCUT2D eigenvalue weighted by Gasteiger charge is 2.25. The predicted octanol–water partition coefficient (Wildman–Crippen LogP) is 3.58. The maximum absolute atomic E-state index is 12.9. The largest absolute Gasteiger partial charge is 0.493 e. The first-order chi connectivity index (χ1) is 15.9. The number of anilines is 1. The monoisotopic (exact) mass is 469 g/mol. The van der Waals surface area contributed by atoms with Crippen LogP contribution in [-0.4, -0.2) is 39.6 Å². The van der Waals surface area contributed by atoms with Crippen molar-refractivity contribution in [3.63, 3.8) is 0 Å². The van der Waals surface area contributed by atoms with Crippen molar-refractivity contribution < 1.29 is 27.4 Å². The van der Waals surface area contributed by atoms with Gasteiger partial charge >= 0.3 is 0 Å². The molecule has 9 nitrogen and oxygen atoms in total. The number of rotatable bonds is 9. The van der Waals surface area contributed by atoms with Crippen LogP contribution in [0, 0.1) is 0 Å². The van der Waals surface area contributed by atoms with Gasteiger partial charge in [0.05, 0.1) is 24.8 Å². The van der Waals surface area contributed by atoms with Crippen LogP contribution in [0.2, 0.25) is 0 Å². The number of amides is 1. The fourth-order valence-corrected chi connectivity index (χ4v) is 4.13. The van der Waals surface area contributed by atoms with Gasteiger partial charge in [-0.15, -0.1) is 0 Å². The van der Waals surface area contributed by atoms with Crippen LogP contribution in [0.4, 0.5) is 5.69 Å². The summed E-state index contributed by atoms with van der Waals surface area (Å²) in [5.41, 5.74) is 0.586. The molecule has 2 N–H and O–H groups in total. The van der Waals surface area contributed by atoms with Crippen LogP contribution in [0.15, 0.2) is 65.7 Å². The van der Waals surface area contributed by atoms with Crippen LogP contribution in [0.3, 0.4) is 0 Å². The SMILES string of the molecule is COc1ccc(S(=O)(=O)Nc2cccc(Oc3ncccc3C(=O)NC3CC3)c2)cc1OC. The van der Waals surface area contributed by atoms with E-state index in [4.69, 9.17) is 14.2 Å². The number of nitrogens with one attached hydrogen (secondary N) is 2. The molecule has 0 bridgehead atoms. The third kappa shape index (κ3) is 5.35. The summed E-state index contributed by atoms with van der Waals surface area (Å²) in [6.45, 7) is 0. The number of hydrogen-bond donors (Lipinski definition) is 2. The molecule has 33 heavy (non-hydrogen) atoms. The normalized spacial score (nSPS) is 13.2. The molecule has 0 spiro atoms. The van der Waals surface area contributed by atoms with Crippen molar-refractivity contribution in [2.45, 2.75) is 23.8 Å². The first kappa shape index (κ1) is 22.4. The molecule has 1 aliphatic carbocycles. The molecule has 2 aromatic carbocycles. The molecule has 4 rings (SSSR count). The number of pyridine rings is 1. The van der Waals surface area contributed by atoms with E-state index in [-0.39, 0.29) is 28.4 Å². The topological polar surface area (TPSA) is 116 Å². The van der Waals surface area contributed by atoms with E-state index in [1.165, 1.54) is 44.7 Å². The molecule has 0 saturated heterocycles. The Morgan fingerprint density at radius 2 is 1.79 bits per heavy atom. The number of nitrogens with zero attached hydrogens (tertiary/aromatic N) is 1. The molecule has 0 radical (unpaired) electrons. The number of aromatic nitrogens is 1. The van der Waals surface area contributed by atoms with Gasteiger partial charge < -0.3 is 19.5 Å². The van der Waals surface area contributed by atoms with E-state index in [1.807, 2.05) is 0 Å². The third-order valence-electron chi connectivity index (χ3n) is 4.89. The zero-order valence-electron chi connectivity index (χ0n) is 18.1. The molecule has 1 fully saturated rings. The van der Waals surface area contributed by atoms with Crippen molar-refractivity contribution in [3.05, 3.63) is 66.4 Å². The van der Waals surface area contributed by atoms with Crippen molar-refractivity contribution in [1.29, 1.82) is 0 Å². The lowest BCUT2D eigenvalue weighted by molar-refractivity contribution is 0.0948. The molecule has 0 atom stereocenters. The summed E-state index contributed by atoms with van der Waals surface area (Å²) in [5.74, 6) is 0.913. The smallest absolute Gasteiger partial charge is 0.262 e. The van der Waals surface area contributed by atoms with Gasteiger partial charge in [0.15, 0.2) is 11.5 Å². The Morgan fingerprint density at radius 3 is 2.52 bits per heavy atom. The Kier molecular flexibility index (Phi) is 6.36. The average Bonchev–Trinajstić information content (AvgIpc) is 3.62. The van der Waals surface area contributed by atoms with E-state index in [9.17, 15) is 13.2 Å². The minimum atomic E-state index is -3.91. The van der Waals surface area contributed by atoms with E-state index in [1.54, 1.807) is 30.3 Å². The van der Waals surface area contributed by atoms with Crippen LogP contribution in [-0.2, 0) is 10.0 Å². The number of hydrogen-bond acceptors (Lipinski definition) is 7. The van der Waals surface area contributed by atoms with Gasteiger partial charge in [0.25, 0.3) is 15.9 Å². The summed E-state index contributed by atoms with van der Waals surface area (Å²) in [6, 6.07) is 14.2. The number of ether oxygens (including phenoxy) is 3. The molecule has 1 saturated carbocycles. The maximum Gasteiger partial charge on any atom is 0.262 e. The molecule has 0 aliphatic heterocycles. The fraction of sp³-hybridized carbons (Fsp3) is 0.217. The summed E-state index contributed by atoms with van der Waals surface area (Å²) in [5, 5.41) is 2.90. The second-order valence-corrected chi connectivity index (χ2v) is 9.04. The Bertz CT molecular complexity index is 1270. The van der Waals surface area contributed by atoms with Gasteiger partial charge in [-0.3, -0.25) is 9.52 Å². The highest BCUT2D eigenvalue weighted by molar-refractivity contribution is 7.92. The lowest BCUT2D eigenvalue weighted by Crippen LogP contribution is -2.25. The first-order valence-electron chi connectivity index (χ1n) is 10.2. The predicted molar refractivity (Wildman–Crippen MR) is 122 cm³/mol. The molecular weight excluding hydrogens is 446 g/mol. The lowest BCUT2D eigenvalue weighted by atomic mass is 10.2. The van der Waals surface area contributed by atoms with Gasteiger partial charge in [0.1, 0.15) is 11.3 Å². The number of carbonyl (C=O) groups excluding carboxylic acids is 1. The summed E-state index contributed by atoms with van der Waals surface area (Å²) < 4.78 is 44.4. The van der Waals surface area contributed by atoms with E-state index in [0.717, 1.165) is 12.8 Å². The van der Waals surface area contributed by atoms with Crippen LogP contribution < -0.4 is 24.2 Å². The van der Waals surface area contributed by atoms with E-state index < -0.39 is 10.0 Å². The Labute approximate surface area is 191 Å². The molecule has 0 unspecified atom stereocenters. The van der Waals surface area contributed by atoms with Crippen molar-refractivity contribution in [3.8, 4) is 23.1 Å². The fourth-order valence-electron chi connectivity index (χ4n) is 3.07. The minimum Gasteiger partial charge on any atom is -0.493 e. The van der Waals surface area contributed by atoms with Gasteiger partial charge in [0.2, 0.25) is 5.88 Å². The molecule has 10 heteroatoms. The molecule has 3 aromatic rings. The average molecular weight is 470 g/mol. The first-order valence-corrected chi connectivity index (χ1v) is 11.7. The Balaban J connectivity index is 1.54. The second-order valence-electron chi connectivity index (χ2n) is 7.36. The van der Waals surface area contributed by atoms with Gasteiger partial charge in [-0.2, -0.15) is 0 Å². The van der Waals surface area contributed by atoms with Crippen molar-refractivity contribution in [2.75, 3.05) is 18.9 Å². The van der Waals surface area contributed by atoms with Crippen LogP contribution in [0.1, 0.15) is 23.2 Å². The summed E-state index contributed by atoms with van der Waals surface area (Å²) >= 11 is 0. The number of methoxy groups -OCH3 is 2. The third-order valence-corrected chi connectivity index (χ3v) is 6.27. The van der Waals surface area contributed by atoms with E-state index in [0.29, 0.717) is 22.8 Å². The standard InChI is InChI=1S/C23H23N3O6S/c1-30-20-11-10-18(14-21(20)31-2)33(28,29)26-16-5-3-6-17(13-16)32-23-19(7-4-12-24-23)22(27)25-15-8-9-15/h3-7,10-15,26H,8-9H2,1-2H3,(H,25,27). The van der Waals surface area contributed by atoms with Crippen molar-refractivity contribution >= 4 is 21.6 Å². The molecular formula is C23H23N3O6S. The lowest BCUT2D eigenvalue weighted by Gasteiger charge is -2.13. The Morgan fingerprint density at radius 1 is 1.00 bits per heavy atom. The summed E-state index contributed by atoms with van der Waals surface area (Å²) in [4.78, 5) is 16.6. The number of carbonyl (C=O) groups is 1.